The van der Waals surface area contributed by atoms with Gasteiger partial charge in [-0.05, 0) is 0 Å². The van der Waals surface area contributed by atoms with Crippen LogP contribution in [0.15, 0.2) is 4.99 Å². The molecular formula is C5H9N2O. The minimum absolute atomic E-state index is 0.180. The SMILES string of the molecule is OCCC1=N[CH]CN1. The molecule has 1 heterocycles. The Morgan fingerprint density at radius 1 is 1.88 bits per heavy atom. The monoisotopic (exact) mass is 113 g/mol. The minimum atomic E-state index is 0.180. The fourth-order valence-corrected chi connectivity index (χ4v) is 0.624. The van der Waals surface area contributed by atoms with Gasteiger partial charge in [-0.25, -0.2) is 0 Å². The van der Waals surface area contributed by atoms with Crippen LogP contribution in [-0.2, 0) is 0 Å². The first-order valence-corrected chi connectivity index (χ1v) is 2.66. The third-order valence-corrected chi connectivity index (χ3v) is 0.993. The van der Waals surface area contributed by atoms with Gasteiger partial charge in [0.15, 0.2) is 0 Å². The van der Waals surface area contributed by atoms with E-state index < -0.39 is 0 Å². The fraction of sp³-hybridized carbons (Fsp3) is 0.600. The molecule has 0 aromatic rings. The molecule has 0 unspecified atom stereocenters. The van der Waals surface area contributed by atoms with Crippen LogP contribution < -0.4 is 5.32 Å². The third-order valence-electron chi connectivity index (χ3n) is 0.993. The molecule has 8 heavy (non-hydrogen) atoms. The van der Waals surface area contributed by atoms with Gasteiger partial charge in [0.25, 0.3) is 0 Å². The Balaban J connectivity index is 2.23. The van der Waals surface area contributed by atoms with E-state index in [1.165, 1.54) is 0 Å². The Kier molecular flexibility index (Phi) is 1.86. The molecule has 0 bridgehead atoms. The Morgan fingerprint density at radius 3 is 3.25 bits per heavy atom. The molecule has 1 aliphatic heterocycles. The second kappa shape index (κ2) is 2.67. The number of amidine groups is 1. The van der Waals surface area contributed by atoms with Crippen molar-refractivity contribution in [2.45, 2.75) is 6.42 Å². The van der Waals surface area contributed by atoms with Crippen LogP contribution in [-0.4, -0.2) is 24.1 Å². The quantitative estimate of drug-likeness (QED) is 0.508. The van der Waals surface area contributed by atoms with E-state index >= 15 is 0 Å². The highest BCUT2D eigenvalue weighted by molar-refractivity contribution is 5.84. The number of hydrogen-bond donors (Lipinski definition) is 2. The van der Waals surface area contributed by atoms with Gasteiger partial charge in [-0.2, -0.15) is 0 Å². The molecule has 1 rings (SSSR count). The van der Waals surface area contributed by atoms with E-state index in [4.69, 9.17) is 5.11 Å². The molecule has 0 atom stereocenters. The summed E-state index contributed by atoms with van der Waals surface area (Å²) in [5.74, 6) is 0.896. The molecule has 1 aliphatic rings. The molecule has 45 valence electrons. The summed E-state index contributed by atoms with van der Waals surface area (Å²) >= 11 is 0. The highest BCUT2D eigenvalue weighted by Crippen LogP contribution is 1.92. The first kappa shape index (κ1) is 5.56. The minimum Gasteiger partial charge on any atom is -0.396 e. The van der Waals surface area contributed by atoms with Crippen LogP contribution in [0, 0.1) is 6.54 Å². The number of hydrogen-bond acceptors (Lipinski definition) is 3. The number of rotatable bonds is 2. The second-order valence-electron chi connectivity index (χ2n) is 1.61. The number of nitrogens with one attached hydrogen (secondary N) is 1. The van der Waals surface area contributed by atoms with Crippen LogP contribution in [0.2, 0.25) is 0 Å². The van der Waals surface area contributed by atoms with E-state index in [9.17, 15) is 0 Å². The lowest BCUT2D eigenvalue weighted by atomic mass is 10.4. The normalized spacial score (nSPS) is 17.9. The zero-order valence-corrected chi connectivity index (χ0v) is 4.59. The van der Waals surface area contributed by atoms with E-state index in [0.29, 0.717) is 6.42 Å². The van der Waals surface area contributed by atoms with Gasteiger partial charge in [-0.15, -0.1) is 0 Å². The number of aliphatic hydroxyl groups is 1. The van der Waals surface area contributed by atoms with Gasteiger partial charge in [0.1, 0.15) is 0 Å². The maximum atomic E-state index is 8.39. The number of nitrogens with zero attached hydrogens (tertiary/aromatic N) is 1. The Labute approximate surface area is 48.4 Å². The summed E-state index contributed by atoms with van der Waals surface area (Å²) in [4.78, 5) is 3.95. The zero-order chi connectivity index (χ0) is 5.82. The molecule has 0 aromatic heterocycles. The summed E-state index contributed by atoms with van der Waals surface area (Å²) in [5, 5.41) is 11.4. The average molecular weight is 113 g/mol. The van der Waals surface area contributed by atoms with E-state index in [1.807, 2.05) is 0 Å². The smallest absolute Gasteiger partial charge is 0.0992 e. The van der Waals surface area contributed by atoms with Gasteiger partial charge < -0.3 is 10.4 Å². The number of aliphatic imine (C=N–C) groups is 1. The van der Waals surface area contributed by atoms with Crippen molar-refractivity contribution < 1.29 is 5.11 Å². The van der Waals surface area contributed by atoms with E-state index in [1.54, 1.807) is 6.54 Å². The predicted octanol–water partition coefficient (Wildman–Crippen LogP) is -0.468. The maximum absolute atomic E-state index is 8.39. The summed E-state index contributed by atoms with van der Waals surface area (Å²) in [6.45, 7) is 2.79. The van der Waals surface area contributed by atoms with Gasteiger partial charge in [-0.3, -0.25) is 4.99 Å². The molecule has 0 saturated heterocycles. The molecule has 1 radical (unpaired) electrons. The molecule has 3 nitrogen and oxygen atoms in total. The lowest BCUT2D eigenvalue weighted by molar-refractivity contribution is 0.306. The molecular weight excluding hydrogens is 104 g/mol. The van der Waals surface area contributed by atoms with Crippen molar-refractivity contribution in [2.24, 2.45) is 4.99 Å². The lowest BCUT2D eigenvalue weighted by Gasteiger charge is -1.94. The van der Waals surface area contributed by atoms with E-state index in [-0.39, 0.29) is 6.61 Å². The van der Waals surface area contributed by atoms with Gasteiger partial charge in [0.05, 0.1) is 19.0 Å². The maximum Gasteiger partial charge on any atom is 0.0992 e. The largest absolute Gasteiger partial charge is 0.396 e. The van der Waals surface area contributed by atoms with Crippen LogP contribution in [0.5, 0.6) is 0 Å². The lowest BCUT2D eigenvalue weighted by Crippen LogP contribution is -2.18. The Hall–Kier alpha value is -0.570. The van der Waals surface area contributed by atoms with E-state index in [2.05, 4.69) is 10.3 Å². The molecule has 3 heteroatoms. The zero-order valence-electron chi connectivity index (χ0n) is 4.59. The molecule has 0 saturated carbocycles. The summed E-state index contributed by atoms with van der Waals surface area (Å²) in [6.07, 6.45) is 0.649. The van der Waals surface area contributed by atoms with Gasteiger partial charge >= 0.3 is 0 Å². The summed E-state index contributed by atoms with van der Waals surface area (Å²) in [5.41, 5.74) is 0. The first-order valence-electron chi connectivity index (χ1n) is 2.66. The van der Waals surface area contributed by atoms with Gasteiger partial charge in [-0.1, -0.05) is 0 Å². The van der Waals surface area contributed by atoms with Crippen LogP contribution in [0.4, 0.5) is 0 Å². The standard InChI is InChI=1S/C5H9N2O/c8-4-1-5-6-2-3-7-5/h2,8H,1,3-4H2,(H,6,7). The van der Waals surface area contributed by atoms with Crippen LogP contribution >= 0.6 is 0 Å². The van der Waals surface area contributed by atoms with Crippen molar-refractivity contribution >= 4 is 5.84 Å². The first-order chi connectivity index (χ1) is 3.93. The van der Waals surface area contributed by atoms with Gasteiger partial charge in [0, 0.05) is 13.0 Å². The van der Waals surface area contributed by atoms with Crippen LogP contribution in [0.3, 0.4) is 0 Å². The molecule has 0 aliphatic carbocycles. The van der Waals surface area contributed by atoms with Crippen molar-refractivity contribution in [3.63, 3.8) is 0 Å². The topological polar surface area (TPSA) is 44.6 Å². The fourth-order valence-electron chi connectivity index (χ4n) is 0.624. The number of aliphatic hydroxyl groups excluding tert-OH is 1. The molecule has 0 amide bonds. The Morgan fingerprint density at radius 2 is 2.75 bits per heavy atom. The summed E-state index contributed by atoms with van der Waals surface area (Å²) in [7, 11) is 0. The Bertz CT molecular complexity index is 101. The van der Waals surface area contributed by atoms with Gasteiger partial charge in [0.2, 0.25) is 0 Å². The molecule has 0 spiro atoms. The molecule has 0 fully saturated rings. The highest BCUT2D eigenvalue weighted by Gasteiger charge is 2.01. The van der Waals surface area contributed by atoms with Crippen molar-refractivity contribution in [2.75, 3.05) is 13.2 Å². The van der Waals surface area contributed by atoms with E-state index in [0.717, 1.165) is 12.4 Å². The average Bonchev–Trinajstić information content (AvgIpc) is 2.19. The molecule has 2 N–H and O–H groups in total. The van der Waals surface area contributed by atoms with Crippen molar-refractivity contribution in [1.82, 2.24) is 5.32 Å². The van der Waals surface area contributed by atoms with Crippen LogP contribution in [0.25, 0.3) is 0 Å². The summed E-state index contributed by atoms with van der Waals surface area (Å²) < 4.78 is 0. The van der Waals surface area contributed by atoms with Crippen LogP contribution in [0.1, 0.15) is 6.42 Å². The highest BCUT2D eigenvalue weighted by atomic mass is 16.3. The molecule has 0 aromatic carbocycles. The van der Waals surface area contributed by atoms with Crippen molar-refractivity contribution in [3.8, 4) is 0 Å². The second-order valence-corrected chi connectivity index (χ2v) is 1.61. The van der Waals surface area contributed by atoms with Crippen molar-refractivity contribution in [1.29, 1.82) is 0 Å². The van der Waals surface area contributed by atoms with Crippen molar-refractivity contribution in [3.05, 3.63) is 6.54 Å². The predicted molar refractivity (Wildman–Crippen MR) is 31.4 cm³/mol. The summed E-state index contributed by atoms with van der Waals surface area (Å²) in [6, 6.07) is 0. The third kappa shape index (κ3) is 1.20.